The standard InChI is InChI=1S/C14H18N4O/c1-2-18(12-6-4-3-5-7-12)14-10-13(15-8-9-19)16-11-17-14/h3-7,10-11,19H,2,8-9H2,1H3,(H,15,16,17). The quantitative estimate of drug-likeness (QED) is 0.830. The van der Waals surface area contributed by atoms with Gasteiger partial charge in [-0.2, -0.15) is 0 Å². The molecule has 0 saturated carbocycles. The SMILES string of the molecule is CCN(c1ccccc1)c1cc(NCCO)ncn1. The number of aliphatic hydroxyl groups is 1. The predicted octanol–water partition coefficient (Wildman–Crippen LogP) is 2.04. The Morgan fingerprint density at radius 2 is 2.00 bits per heavy atom. The van der Waals surface area contributed by atoms with Crippen molar-refractivity contribution in [3.8, 4) is 0 Å². The molecule has 2 aromatic rings. The van der Waals surface area contributed by atoms with Gasteiger partial charge in [0.25, 0.3) is 0 Å². The van der Waals surface area contributed by atoms with Gasteiger partial charge in [0.2, 0.25) is 0 Å². The van der Waals surface area contributed by atoms with Crippen LogP contribution in [-0.2, 0) is 0 Å². The molecule has 0 fully saturated rings. The molecule has 1 aromatic heterocycles. The molecule has 5 heteroatoms. The van der Waals surface area contributed by atoms with E-state index in [4.69, 9.17) is 5.11 Å². The molecule has 0 saturated heterocycles. The highest BCUT2D eigenvalue weighted by Gasteiger charge is 2.09. The van der Waals surface area contributed by atoms with E-state index < -0.39 is 0 Å². The van der Waals surface area contributed by atoms with Crippen LogP contribution >= 0.6 is 0 Å². The van der Waals surface area contributed by atoms with E-state index in [2.05, 4.69) is 27.1 Å². The van der Waals surface area contributed by atoms with E-state index in [1.807, 2.05) is 36.4 Å². The topological polar surface area (TPSA) is 61.3 Å². The summed E-state index contributed by atoms with van der Waals surface area (Å²) in [6.07, 6.45) is 1.53. The first kappa shape index (κ1) is 13.3. The molecule has 0 atom stereocenters. The van der Waals surface area contributed by atoms with Crippen LogP contribution in [0.2, 0.25) is 0 Å². The smallest absolute Gasteiger partial charge is 0.138 e. The van der Waals surface area contributed by atoms with Crippen molar-refractivity contribution in [1.29, 1.82) is 0 Å². The van der Waals surface area contributed by atoms with Gasteiger partial charge in [0.1, 0.15) is 18.0 Å². The second-order valence-corrected chi connectivity index (χ2v) is 3.99. The zero-order valence-corrected chi connectivity index (χ0v) is 11.0. The Morgan fingerprint density at radius 3 is 2.68 bits per heavy atom. The van der Waals surface area contributed by atoms with Gasteiger partial charge < -0.3 is 15.3 Å². The van der Waals surface area contributed by atoms with Crippen LogP contribution in [-0.4, -0.2) is 34.8 Å². The lowest BCUT2D eigenvalue weighted by molar-refractivity contribution is 0.311. The lowest BCUT2D eigenvalue weighted by Gasteiger charge is -2.22. The van der Waals surface area contributed by atoms with Crippen LogP contribution in [0.3, 0.4) is 0 Å². The van der Waals surface area contributed by atoms with Gasteiger partial charge in [-0.25, -0.2) is 9.97 Å². The molecule has 1 heterocycles. The first-order chi connectivity index (χ1) is 9.35. The van der Waals surface area contributed by atoms with Gasteiger partial charge in [0, 0.05) is 24.8 Å². The Kier molecular flexibility index (Phi) is 4.69. The van der Waals surface area contributed by atoms with Gasteiger partial charge in [-0.3, -0.25) is 0 Å². The van der Waals surface area contributed by atoms with Crippen molar-refractivity contribution < 1.29 is 5.11 Å². The number of nitrogens with one attached hydrogen (secondary N) is 1. The third kappa shape index (κ3) is 3.42. The maximum Gasteiger partial charge on any atom is 0.138 e. The zero-order valence-electron chi connectivity index (χ0n) is 11.0. The number of aliphatic hydroxyl groups excluding tert-OH is 1. The minimum absolute atomic E-state index is 0.0789. The van der Waals surface area contributed by atoms with Gasteiger partial charge in [-0.15, -0.1) is 0 Å². The van der Waals surface area contributed by atoms with Crippen molar-refractivity contribution in [2.75, 3.05) is 29.9 Å². The van der Waals surface area contributed by atoms with Crippen molar-refractivity contribution in [3.05, 3.63) is 42.7 Å². The van der Waals surface area contributed by atoms with Crippen LogP contribution < -0.4 is 10.2 Å². The summed E-state index contributed by atoms with van der Waals surface area (Å²) in [5, 5.41) is 11.9. The van der Waals surface area contributed by atoms with Gasteiger partial charge in [-0.1, -0.05) is 18.2 Å². The van der Waals surface area contributed by atoms with Gasteiger partial charge >= 0.3 is 0 Å². The maximum absolute atomic E-state index is 8.81. The molecule has 100 valence electrons. The summed E-state index contributed by atoms with van der Waals surface area (Å²) in [6.45, 7) is 3.46. The molecule has 0 amide bonds. The molecular formula is C14H18N4O. The molecule has 0 radical (unpaired) electrons. The van der Waals surface area contributed by atoms with Gasteiger partial charge in [0.15, 0.2) is 0 Å². The average Bonchev–Trinajstić information content (AvgIpc) is 2.47. The van der Waals surface area contributed by atoms with Crippen LogP contribution in [0.15, 0.2) is 42.7 Å². The van der Waals surface area contributed by atoms with Crippen molar-refractivity contribution >= 4 is 17.3 Å². The van der Waals surface area contributed by atoms with Crippen LogP contribution in [0.5, 0.6) is 0 Å². The van der Waals surface area contributed by atoms with Crippen LogP contribution in [0.25, 0.3) is 0 Å². The zero-order chi connectivity index (χ0) is 13.5. The lowest BCUT2D eigenvalue weighted by Crippen LogP contribution is -2.18. The molecule has 2 rings (SSSR count). The number of anilines is 3. The number of nitrogens with zero attached hydrogens (tertiary/aromatic N) is 3. The Labute approximate surface area is 112 Å². The molecule has 0 aliphatic carbocycles. The van der Waals surface area contributed by atoms with Crippen LogP contribution in [0.4, 0.5) is 17.3 Å². The Balaban J connectivity index is 2.23. The minimum Gasteiger partial charge on any atom is -0.395 e. The summed E-state index contributed by atoms with van der Waals surface area (Å²) in [7, 11) is 0. The fraction of sp³-hybridized carbons (Fsp3) is 0.286. The van der Waals surface area contributed by atoms with Crippen molar-refractivity contribution in [2.24, 2.45) is 0 Å². The van der Waals surface area contributed by atoms with Crippen molar-refractivity contribution in [2.45, 2.75) is 6.92 Å². The van der Waals surface area contributed by atoms with E-state index >= 15 is 0 Å². The number of aromatic nitrogens is 2. The first-order valence-corrected chi connectivity index (χ1v) is 6.34. The normalized spacial score (nSPS) is 10.2. The highest BCUT2D eigenvalue weighted by Crippen LogP contribution is 2.23. The van der Waals surface area contributed by atoms with E-state index in [0.717, 1.165) is 18.1 Å². The summed E-state index contributed by atoms with van der Waals surface area (Å²) in [5.74, 6) is 1.55. The largest absolute Gasteiger partial charge is 0.395 e. The van der Waals surface area contributed by atoms with E-state index in [9.17, 15) is 0 Å². The first-order valence-electron chi connectivity index (χ1n) is 6.34. The highest BCUT2D eigenvalue weighted by molar-refractivity contribution is 5.61. The molecule has 1 aromatic carbocycles. The van der Waals surface area contributed by atoms with Crippen molar-refractivity contribution in [3.63, 3.8) is 0 Å². The number of hydrogen-bond acceptors (Lipinski definition) is 5. The molecule has 0 unspecified atom stereocenters. The Hall–Kier alpha value is -2.14. The number of para-hydroxylation sites is 1. The molecular weight excluding hydrogens is 240 g/mol. The molecule has 0 aliphatic heterocycles. The maximum atomic E-state index is 8.81. The highest BCUT2D eigenvalue weighted by atomic mass is 16.3. The molecule has 0 aliphatic rings. The van der Waals surface area contributed by atoms with Crippen molar-refractivity contribution in [1.82, 2.24) is 9.97 Å². The molecule has 19 heavy (non-hydrogen) atoms. The number of hydrogen-bond donors (Lipinski definition) is 2. The minimum atomic E-state index is 0.0789. The fourth-order valence-electron chi connectivity index (χ4n) is 1.86. The molecule has 5 nitrogen and oxygen atoms in total. The number of benzene rings is 1. The Bertz CT molecular complexity index is 504. The summed E-state index contributed by atoms with van der Waals surface area (Å²) < 4.78 is 0. The van der Waals surface area contributed by atoms with E-state index in [1.165, 1.54) is 6.33 Å². The summed E-state index contributed by atoms with van der Waals surface area (Å²) in [6, 6.07) is 12.0. The van der Waals surface area contributed by atoms with Crippen LogP contribution in [0, 0.1) is 0 Å². The fourth-order valence-corrected chi connectivity index (χ4v) is 1.86. The third-order valence-electron chi connectivity index (χ3n) is 2.73. The monoisotopic (exact) mass is 258 g/mol. The second-order valence-electron chi connectivity index (χ2n) is 3.99. The average molecular weight is 258 g/mol. The second kappa shape index (κ2) is 6.70. The van der Waals surface area contributed by atoms with E-state index in [0.29, 0.717) is 12.4 Å². The third-order valence-corrected chi connectivity index (χ3v) is 2.73. The van der Waals surface area contributed by atoms with Gasteiger partial charge in [-0.05, 0) is 19.1 Å². The number of rotatable bonds is 6. The van der Waals surface area contributed by atoms with E-state index in [-0.39, 0.29) is 6.61 Å². The lowest BCUT2D eigenvalue weighted by atomic mass is 10.3. The van der Waals surface area contributed by atoms with Crippen LogP contribution in [0.1, 0.15) is 6.92 Å². The summed E-state index contributed by atoms with van der Waals surface area (Å²) in [4.78, 5) is 10.5. The summed E-state index contributed by atoms with van der Waals surface area (Å²) in [5.41, 5.74) is 1.09. The molecule has 2 N–H and O–H groups in total. The summed E-state index contributed by atoms with van der Waals surface area (Å²) >= 11 is 0. The van der Waals surface area contributed by atoms with E-state index in [1.54, 1.807) is 0 Å². The molecule has 0 spiro atoms. The Morgan fingerprint density at radius 1 is 1.21 bits per heavy atom. The predicted molar refractivity (Wildman–Crippen MR) is 76.7 cm³/mol. The molecule has 0 bridgehead atoms. The van der Waals surface area contributed by atoms with Gasteiger partial charge in [0.05, 0.1) is 6.61 Å².